The maximum absolute atomic E-state index is 15.1. The van der Waals surface area contributed by atoms with Gasteiger partial charge in [-0.25, -0.2) is 14.3 Å². The zero-order valence-corrected chi connectivity index (χ0v) is 54.0. The second-order valence-electron chi connectivity index (χ2n) is 25.9. The molecule has 0 radical (unpaired) electrons. The number of aliphatic carboxylic acids is 2. The molecular weight excluding hydrogens is 1190 g/mol. The molecule has 488 valence electrons. The maximum Gasteiger partial charge on any atom is 0.328 e. The number of carboxylic acids is 2. The van der Waals surface area contributed by atoms with Crippen LogP contribution in [-0.2, 0) is 72.1 Å². The van der Waals surface area contributed by atoms with E-state index >= 15 is 4.79 Å². The molecule has 0 saturated carbocycles. The Labute approximate surface area is 531 Å². The van der Waals surface area contributed by atoms with Crippen molar-refractivity contribution >= 4 is 84.1 Å². The number of nitrogens with one attached hydrogen (secondary N) is 6. The summed E-state index contributed by atoms with van der Waals surface area (Å²) in [5, 5.41) is 50.1. The summed E-state index contributed by atoms with van der Waals surface area (Å²) in [6, 6.07) is 16.6. The minimum Gasteiger partial charge on any atom is -0.480 e. The van der Waals surface area contributed by atoms with Gasteiger partial charge in [-0.2, -0.15) is 0 Å². The Morgan fingerprint density at radius 2 is 1.22 bits per heavy atom. The molecule has 5 aromatic rings. The van der Waals surface area contributed by atoms with Crippen LogP contribution in [0.2, 0.25) is 0 Å². The summed E-state index contributed by atoms with van der Waals surface area (Å²) in [5.74, 6) is -6.92. The van der Waals surface area contributed by atoms with E-state index in [2.05, 4.69) is 51.5 Å². The van der Waals surface area contributed by atoms with Crippen molar-refractivity contribution in [2.75, 3.05) is 33.3 Å². The number of amides is 7. The number of allylic oxidation sites excluding steroid dienone is 1. The molecule has 0 spiro atoms. The van der Waals surface area contributed by atoms with E-state index in [1.807, 2.05) is 106 Å². The lowest BCUT2D eigenvalue weighted by atomic mass is 9.85. The molecule has 7 amide bonds. The number of fused-ring (bicyclic) bond motifs is 6. The quantitative estimate of drug-likeness (QED) is 0.0685. The van der Waals surface area contributed by atoms with Crippen LogP contribution in [0.15, 0.2) is 103 Å². The number of likely N-dealkylation sites (tertiary alicyclic amines) is 2. The van der Waals surface area contributed by atoms with Crippen LogP contribution in [-0.4, -0.2) is 182 Å². The van der Waals surface area contributed by atoms with Crippen LogP contribution in [0.4, 0.5) is 0 Å². The molecule has 91 heavy (non-hydrogen) atoms. The van der Waals surface area contributed by atoms with Crippen LogP contribution < -0.4 is 31.9 Å². The first kappa shape index (κ1) is 68.7. The molecule has 4 heterocycles. The third-order valence-corrected chi connectivity index (χ3v) is 18.4. The predicted molar refractivity (Wildman–Crippen MR) is 343 cm³/mol. The molecule has 8 N–H and O–H groups in total. The Kier molecular flexibility index (Phi) is 22.9. The molecule has 2 fully saturated rings. The van der Waals surface area contributed by atoms with Gasteiger partial charge in [0.1, 0.15) is 41.9 Å². The Balaban J connectivity index is 1.13. The van der Waals surface area contributed by atoms with E-state index in [0.717, 1.165) is 26.2 Å². The molecule has 2 saturated heterocycles. The molecule has 1 aromatic heterocycles. The van der Waals surface area contributed by atoms with Gasteiger partial charge in [0.15, 0.2) is 6.04 Å². The zero-order chi connectivity index (χ0) is 65.9. The number of hydrogen-bond acceptors (Lipinski definition) is 14. The highest BCUT2D eigenvalue weighted by atomic mass is 31.0. The van der Waals surface area contributed by atoms with E-state index in [1.54, 1.807) is 46.9 Å². The SMILES string of the molecule is CN[C@@H](C)C(=O)N[C@H](C(=O)N1CC[C@H]2OC/C=C/CC[C@@H](C(=O)O)NC(=O)[C@H](Cc3ccc4ccccc4c3)NC(=O)[C@@H]3[C@@H](CCN3C(=O)C(P)C(C)(C)C)OCc3cn(nn3)[C@H](C(=O)O)CCNC(=O)[C@H](Cc3ccc4ccccc4c3)NC(=O)[C@H]21)C(C)(C)C. The molecule has 25 heteroatoms. The maximum atomic E-state index is 15.1. The summed E-state index contributed by atoms with van der Waals surface area (Å²) in [7, 11) is 4.18. The average molecular weight is 1270 g/mol. The van der Waals surface area contributed by atoms with Crippen LogP contribution in [0.25, 0.3) is 21.5 Å². The van der Waals surface area contributed by atoms with Crippen molar-refractivity contribution < 1.29 is 62.8 Å². The number of likely N-dealkylation sites (N-methyl/N-ethyl adjacent to an activating group) is 1. The summed E-state index contributed by atoms with van der Waals surface area (Å²) in [6.45, 7) is 12.2. The smallest absolute Gasteiger partial charge is 0.328 e. The largest absolute Gasteiger partial charge is 0.480 e. The number of benzene rings is 4. The van der Waals surface area contributed by atoms with Gasteiger partial charge in [0.2, 0.25) is 41.4 Å². The molecule has 3 aliphatic rings. The summed E-state index contributed by atoms with van der Waals surface area (Å²) >= 11 is 0. The molecule has 24 nitrogen and oxygen atoms in total. The van der Waals surface area contributed by atoms with Crippen molar-refractivity contribution in [3.8, 4) is 0 Å². The van der Waals surface area contributed by atoms with Crippen LogP contribution in [0.5, 0.6) is 0 Å². The summed E-state index contributed by atoms with van der Waals surface area (Å²) in [5.41, 5.74) is -0.532. The Bertz CT molecular complexity index is 3510. The molecule has 3 aliphatic heterocycles. The highest BCUT2D eigenvalue weighted by Gasteiger charge is 2.49. The molecule has 2 unspecified atom stereocenters. The zero-order valence-electron chi connectivity index (χ0n) is 52.8. The van der Waals surface area contributed by atoms with Crippen LogP contribution in [0.3, 0.4) is 0 Å². The second-order valence-corrected chi connectivity index (χ2v) is 26.5. The van der Waals surface area contributed by atoms with Crippen molar-refractivity contribution in [1.29, 1.82) is 0 Å². The van der Waals surface area contributed by atoms with Crippen molar-refractivity contribution in [2.45, 2.75) is 166 Å². The van der Waals surface area contributed by atoms with E-state index in [0.29, 0.717) is 11.1 Å². The van der Waals surface area contributed by atoms with Gasteiger partial charge in [0.25, 0.3) is 0 Å². The van der Waals surface area contributed by atoms with Gasteiger partial charge in [-0.15, -0.1) is 14.3 Å². The minimum atomic E-state index is -1.45. The van der Waals surface area contributed by atoms with Crippen molar-refractivity contribution in [1.82, 2.24) is 56.7 Å². The first-order valence-electron chi connectivity index (χ1n) is 30.9. The van der Waals surface area contributed by atoms with Gasteiger partial charge in [0, 0.05) is 32.5 Å². The number of carboxylic acid groups (broad SMARTS) is 2. The first-order valence-corrected chi connectivity index (χ1v) is 31.6. The summed E-state index contributed by atoms with van der Waals surface area (Å²) < 4.78 is 13.9. The van der Waals surface area contributed by atoms with E-state index in [1.165, 1.54) is 16.0 Å². The minimum absolute atomic E-state index is 0.0262. The van der Waals surface area contributed by atoms with Crippen molar-refractivity contribution in [2.24, 2.45) is 10.8 Å². The van der Waals surface area contributed by atoms with Crippen molar-refractivity contribution in [3.05, 3.63) is 120 Å². The summed E-state index contributed by atoms with van der Waals surface area (Å²) in [4.78, 5) is 131. The lowest BCUT2D eigenvalue weighted by Crippen LogP contribution is -2.62. The number of ether oxygens (including phenoxy) is 2. The van der Waals surface area contributed by atoms with Crippen LogP contribution >= 0.6 is 9.24 Å². The Hall–Kier alpha value is -8.18. The van der Waals surface area contributed by atoms with Gasteiger partial charge >= 0.3 is 11.9 Å². The monoisotopic (exact) mass is 1270 g/mol. The van der Waals surface area contributed by atoms with Gasteiger partial charge < -0.3 is 61.4 Å². The van der Waals surface area contributed by atoms with Crippen LogP contribution in [0, 0.1) is 10.8 Å². The molecule has 8 rings (SSSR count). The highest BCUT2D eigenvalue weighted by Crippen LogP contribution is 2.33. The van der Waals surface area contributed by atoms with E-state index in [4.69, 9.17) is 9.47 Å². The molecule has 0 aliphatic carbocycles. The number of aromatic nitrogens is 3. The predicted octanol–water partition coefficient (Wildman–Crippen LogP) is 3.99. The second kappa shape index (κ2) is 30.3. The summed E-state index contributed by atoms with van der Waals surface area (Å²) in [6.07, 6.45) is 2.81. The van der Waals surface area contributed by atoms with Crippen molar-refractivity contribution in [3.63, 3.8) is 0 Å². The van der Waals surface area contributed by atoms with Gasteiger partial charge in [-0.3, -0.25) is 33.6 Å². The number of rotatable bonds is 11. The van der Waals surface area contributed by atoms with Gasteiger partial charge in [-0.05, 0) is 89.6 Å². The topological polar surface area (TPSA) is 322 Å². The van der Waals surface area contributed by atoms with E-state index in [-0.39, 0.29) is 89.4 Å². The number of nitrogens with zero attached hydrogens (tertiary/aromatic N) is 5. The fraction of sp³-hybridized carbons (Fsp3) is 0.500. The van der Waals surface area contributed by atoms with Gasteiger partial charge in [0.05, 0.1) is 43.3 Å². The third-order valence-electron chi connectivity index (χ3n) is 17.1. The molecular formula is C66H86N11O13P. The highest BCUT2D eigenvalue weighted by molar-refractivity contribution is 7.19. The normalized spacial score (nSPS) is 24.4. The van der Waals surface area contributed by atoms with E-state index in [9.17, 15) is 48.6 Å². The molecule has 12 atom stereocenters. The fourth-order valence-corrected chi connectivity index (χ4v) is 11.8. The third kappa shape index (κ3) is 17.5. The fourth-order valence-electron chi connectivity index (χ4n) is 11.6. The molecule has 2 bridgehead atoms. The first-order chi connectivity index (χ1) is 43.2. The molecule has 4 aromatic carbocycles. The average Bonchev–Trinajstić information content (AvgIpc) is 1.75. The van der Waals surface area contributed by atoms with E-state index < -0.39 is 124 Å². The lowest BCUT2D eigenvalue weighted by Gasteiger charge is -2.36. The number of carbonyl (C=O) groups is 9. The lowest BCUT2D eigenvalue weighted by molar-refractivity contribution is -0.147. The Morgan fingerprint density at radius 3 is 1.76 bits per heavy atom. The van der Waals surface area contributed by atoms with Crippen LogP contribution in [0.1, 0.15) is 103 Å². The standard InChI is InChI=1S/C66H86N11O13P/c1-38(67-8)56(78)72-54(65(2,3)4)61(83)75-29-26-50-52(75)59(81)70-47(34-39-21-23-41-16-11-13-18-43(41)32-39)57(79)68-28-25-49(64(87)88)77-36-45(73-74-77)37-90-51-27-30-76(62(84)55(91)66(5,6)7)53(51)60(82)71-48(35-40-22-24-42-17-12-14-19-44(42)33-40)58(80)69-46(63(85)86)20-10-9-15-31-89-50/h9,11-19,21-24,32-33,36,38,46-55,67H,10,20,25-31,34-35,37,91H2,1-8H3,(H,68,79)(H,69,80)(H,70,81)(H,71,82)(H,72,78)(H,85,86)(H,87,88)/b15-9+/t38-,46-,47-,48-,49-,50+,51+,52-,53-,54+,55?/m0/s1. The number of hydrogen-bond donors (Lipinski definition) is 8. The number of carbonyl (C=O) groups excluding carboxylic acids is 7. The van der Waals surface area contributed by atoms with Gasteiger partial charge in [-0.1, -0.05) is 144 Å². The Morgan fingerprint density at radius 1 is 0.670 bits per heavy atom.